The molecular formula is H18AsNaO11. The maximum absolute atomic E-state index is 8.94. The summed E-state index contributed by atoms with van der Waals surface area (Å²) in [7, 11) is 0. The third kappa shape index (κ3) is 1690. The Morgan fingerprint density at radius 2 is 0.615 bits per heavy atom. The van der Waals surface area contributed by atoms with Gasteiger partial charge in [0.15, 0.2) is 0 Å². The molecule has 0 aliphatic rings. The summed E-state index contributed by atoms with van der Waals surface area (Å²) in [5, 5.41) is 0. The molecule has 0 aromatic rings. The Hall–Kier alpha value is 0.958. The van der Waals surface area contributed by atoms with Gasteiger partial charge in [-0.05, 0) is 0 Å². The second-order valence-electron chi connectivity index (χ2n) is 0.513. The molecule has 11 nitrogen and oxygen atoms in total. The summed E-state index contributed by atoms with van der Waals surface area (Å²) in [4.78, 5) is 0. The van der Waals surface area contributed by atoms with Crippen LogP contribution in [0.3, 0.4) is 0 Å². The van der Waals surface area contributed by atoms with Crippen LogP contribution in [0.2, 0.25) is 0 Å². The summed E-state index contributed by atoms with van der Waals surface area (Å²) in [5.74, 6) is 0. The van der Waals surface area contributed by atoms with Gasteiger partial charge in [-0.1, -0.05) is 0 Å². The van der Waals surface area contributed by atoms with Crippen molar-refractivity contribution in [3.05, 3.63) is 0 Å². The predicted molar refractivity (Wildman–Crippen MR) is 45.5 cm³/mol. The van der Waals surface area contributed by atoms with Crippen LogP contribution in [0, 0.1) is 0 Å². The van der Waals surface area contributed by atoms with Crippen LogP contribution in [0.4, 0.5) is 0 Å². The van der Waals surface area contributed by atoms with Crippen molar-refractivity contribution in [3.63, 3.8) is 0 Å². The average molecular weight is 292 g/mol. The topological polar surface area (TPSA) is 298 Å². The summed E-state index contributed by atoms with van der Waals surface area (Å²) in [6.45, 7) is 0. The van der Waals surface area contributed by atoms with Crippen LogP contribution in [0.5, 0.6) is 0 Å². The first-order chi connectivity index (χ1) is 2.00. The molecule has 0 unspecified atom stereocenters. The Bertz CT molecular complexity index is 56.2. The van der Waals surface area contributed by atoms with Crippen molar-refractivity contribution in [2.45, 2.75) is 0 Å². The second kappa shape index (κ2) is 38.3. The van der Waals surface area contributed by atoms with E-state index < -0.39 is 14.5 Å². The van der Waals surface area contributed by atoms with E-state index in [4.69, 9.17) is 16.0 Å². The first-order valence-corrected chi connectivity index (χ1v) is 4.07. The molecule has 0 bridgehead atoms. The average Bonchev–Trinajstić information content (AvgIpc) is 0.722. The number of hydrogen-bond acceptors (Lipinski definition) is 1. The Morgan fingerprint density at radius 3 is 0.615 bits per heavy atom. The van der Waals surface area contributed by atoms with Crippen molar-refractivity contribution in [2.24, 2.45) is 0 Å². The van der Waals surface area contributed by atoms with E-state index in [2.05, 4.69) is 0 Å². The predicted octanol–water partition coefficient (Wildman–Crippen LogP) is -8.59. The molecule has 17 N–H and O–H groups in total. The van der Waals surface area contributed by atoms with E-state index in [0.29, 0.717) is 0 Å². The summed E-state index contributed by atoms with van der Waals surface area (Å²) in [5.41, 5.74) is 0. The molecule has 0 rings (SSSR count). The molecular weight excluding hydrogens is 274 g/mol. The van der Waals surface area contributed by atoms with Gasteiger partial charge in [0, 0.05) is 0 Å². The second-order valence-corrected chi connectivity index (χ2v) is 2.67. The van der Waals surface area contributed by atoms with E-state index in [1.165, 1.54) is 0 Å². The van der Waals surface area contributed by atoms with E-state index in [1.807, 2.05) is 0 Å². The van der Waals surface area contributed by atoms with Gasteiger partial charge in [-0.3, -0.25) is 0 Å². The first-order valence-electron chi connectivity index (χ1n) is 0.783. The Labute approximate surface area is 98.2 Å². The molecule has 0 aromatic carbocycles. The van der Waals surface area contributed by atoms with Crippen LogP contribution < -0.4 is 0 Å². The zero-order valence-electron chi connectivity index (χ0n) is 5.70. The van der Waals surface area contributed by atoms with E-state index in [9.17, 15) is 0 Å². The summed E-state index contributed by atoms with van der Waals surface area (Å²) >= 11 is -5.12. The standard InChI is InChI=1S/AsH3O4.Na.7H2O.H/c2-1(3,4)5;;;;;;;;;/h(H3,2,3,4,5);;7*1H2;. The molecule has 0 heterocycles. The number of rotatable bonds is 0. The monoisotopic (exact) mass is 292 g/mol. The van der Waals surface area contributed by atoms with E-state index in [-0.39, 0.29) is 67.9 Å². The van der Waals surface area contributed by atoms with Gasteiger partial charge in [0.1, 0.15) is 0 Å². The molecule has 0 aliphatic heterocycles. The Balaban J connectivity index is -0.00000000286. The quantitative estimate of drug-likeness (QED) is 0.366. The van der Waals surface area contributed by atoms with E-state index in [0.717, 1.165) is 0 Å². The minimum absolute atomic E-state index is 0. The van der Waals surface area contributed by atoms with Gasteiger partial charge < -0.3 is 38.3 Å². The summed E-state index contributed by atoms with van der Waals surface area (Å²) in [6, 6.07) is 0. The van der Waals surface area contributed by atoms with Gasteiger partial charge in [0.2, 0.25) is 0 Å². The van der Waals surface area contributed by atoms with Crippen LogP contribution in [-0.4, -0.2) is 94.7 Å². The molecule has 90 valence electrons. The fourth-order valence-electron chi connectivity index (χ4n) is 0. The van der Waals surface area contributed by atoms with Crippen LogP contribution in [0.25, 0.3) is 0 Å². The van der Waals surface area contributed by atoms with Crippen molar-refractivity contribution in [2.75, 3.05) is 0 Å². The van der Waals surface area contributed by atoms with E-state index in [1.54, 1.807) is 0 Å². The third-order valence-electron chi connectivity index (χ3n) is 0. The fraction of sp³-hybridized carbons (Fsp3) is 0. The molecule has 0 aromatic heterocycles. The fourth-order valence-corrected chi connectivity index (χ4v) is 0. The van der Waals surface area contributed by atoms with Gasteiger partial charge in [0.25, 0.3) is 0 Å². The molecule has 0 atom stereocenters. The Morgan fingerprint density at radius 1 is 0.615 bits per heavy atom. The van der Waals surface area contributed by atoms with Gasteiger partial charge in [-0.2, -0.15) is 0 Å². The van der Waals surface area contributed by atoms with Crippen molar-refractivity contribution in [3.8, 4) is 0 Å². The number of hydrogen-bond donors (Lipinski definition) is 3. The summed E-state index contributed by atoms with van der Waals surface area (Å²) in [6.07, 6.45) is 0. The molecule has 0 radical (unpaired) electrons. The van der Waals surface area contributed by atoms with Gasteiger partial charge >= 0.3 is 60.1 Å². The maximum atomic E-state index is 8.94. The van der Waals surface area contributed by atoms with Crippen LogP contribution in [0.15, 0.2) is 0 Å². The molecule has 13 heavy (non-hydrogen) atoms. The SMILES string of the molecule is O.O.O.O.O.O.O.O=[As](O)(O)O.[NaH]. The van der Waals surface area contributed by atoms with E-state index >= 15 is 0 Å². The van der Waals surface area contributed by atoms with Crippen LogP contribution in [-0.2, 0) is 3.74 Å². The normalized spacial score (nSPS) is 4.54. The van der Waals surface area contributed by atoms with Gasteiger partial charge in [-0.15, -0.1) is 0 Å². The van der Waals surface area contributed by atoms with Gasteiger partial charge in [0.05, 0.1) is 0 Å². The summed E-state index contributed by atoms with van der Waals surface area (Å²) < 4.78 is 30.7. The van der Waals surface area contributed by atoms with Crippen molar-refractivity contribution < 1.29 is 54.4 Å². The molecule has 13 heteroatoms. The first kappa shape index (κ1) is 95.3. The molecule has 0 saturated heterocycles. The zero-order chi connectivity index (χ0) is 4.50. The van der Waals surface area contributed by atoms with Crippen molar-refractivity contribution in [1.29, 1.82) is 0 Å². The van der Waals surface area contributed by atoms with Crippen LogP contribution >= 0.6 is 0 Å². The van der Waals surface area contributed by atoms with Crippen molar-refractivity contribution in [1.82, 2.24) is 0 Å². The van der Waals surface area contributed by atoms with Gasteiger partial charge in [-0.25, -0.2) is 0 Å². The minimum atomic E-state index is -5.12. The molecule has 0 spiro atoms. The third-order valence-corrected chi connectivity index (χ3v) is 0. The molecule has 0 saturated carbocycles. The molecule has 0 fully saturated rings. The zero-order valence-corrected chi connectivity index (χ0v) is 7.57. The Kier molecular flexibility index (Phi) is 281. The van der Waals surface area contributed by atoms with Crippen LogP contribution in [0.1, 0.15) is 0 Å². The molecule has 0 aliphatic carbocycles. The molecule has 0 amide bonds. The van der Waals surface area contributed by atoms with Crippen molar-refractivity contribution >= 4 is 44.1 Å².